The summed E-state index contributed by atoms with van der Waals surface area (Å²) in [6, 6.07) is 2.64. The second-order valence-electron chi connectivity index (χ2n) is 2.96. The fourth-order valence-corrected chi connectivity index (χ4v) is 1.45. The highest BCUT2D eigenvalue weighted by atomic mass is 35.5. The minimum atomic E-state index is -0.573. The molecular weight excluding hydrogens is 220 g/mol. The predicted molar refractivity (Wildman–Crippen MR) is 56.9 cm³/mol. The number of aryl methyl sites for hydroxylation is 1. The van der Waals surface area contributed by atoms with Crippen molar-refractivity contribution in [2.75, 3.05) is 5.73 Å². The summed E-state index contributed by atoms with van der Waals surface area (Å²) in [6.45, 7) is 0. The maximum atomic E-state index is 10.6. The van der Waals surface area contributed by atoms with Gasteiger partial charge in [-0.3, -0.25) is 10.1 Å². The van der Waals surface area contributed by atoms with Crippen molar-refractivity contribution in [1.82, 2.24) is 0 Å². The predicted octanol–water partition coefficient (Wildman–Crippen LogP) is 1.96. The molecule has 0 spiro atoms. The summed E-state index contributed by atoms with van der Waals surface area (Å²) in [7, 11) is 0. The molecule has 0 aliphatic rings. The highest BCUT2D eigenvalue weighted by Crippen LogP contribution is 2.29. The van der Waals surface area contributed by atoms with Crippen LogP contribution in [0.3, 0.4) is 0 Å². The van der Waals surface area contributed by atoms with E-state index in [1.807, 2.05) is 0 Å². The van der Waals surface area contributed by atoms with E-state index >= 15 is 0 Å². The molecular formula is C9H9ClN2O3. The number of nitrogens with zero attached hydrogens (tertiary/aromatic N) is 1. The van der Waals surface area contributed by atoms with Crippen LogP contribution in [0, 0.1) is 10.1 Å². The van der Waals surface area contributed by atoms with Gasteiger partial charge in [0.05, 0.1) is 4.92 Å². The van der Waals surface area contributed by atoms with Crippen LogP contribution >= 0.6 is 11.6 Å². The maximum absolute atomic E-state index is 10.6. The first-order chi connectivity index (χ1) is 7.06. The Morgan fingerprint density at radius 1 is 1.53 bits per heavy atom. The molecule has 0 aliphatic heterocycles. The number of hydrogen-bond acceptors (Lipinski definition) is 4. The van der Waals surface area contributed by atoms with Crippen LogP contribution < -0.4 is 5.73 Å². The third-order valence-electron chi connectivity index (χ3n) is 1.92. The van der Waals surface area contributed by atoms with Gasteiger partial charge >= 0.3 is 0 Å². The third-order valence-corrected chi connectivity index (χ3v) is 2.28. The first-order valence-corrected chi connectivity index (χ1v) is 4.60. The lowest BCUT2D eigenvalue weighted by atomic mass is 10.1. The molecule has 0 saturated carbocycles. The Labute approximate surface area is 91.0 Å². The van der Waals surface area contributed by atoms with Gasteiger partial charge in [-0.1, -0.05) is 11.6 Å². The van der Waals surface area contributed by atoms with E-state index in [0.717, 1.165) is 6.29 Å². The number of nitro benzene ring substituents is 1. The molecule has 0 saturated heterocycles. The minimum absolute atomic E-state index is 0.0276. The van der Waals surface area contributed by atoms with Gasteiger partial charge in [0.25, 0.3) is 5.69 Å². The zero-order valence-corrected chi connectivity index (χ0v) is 8.53. The molecule has 0 bridgehead atoms. The number of halogens is 1. The SMILES string of the molecule is Nc1cc(Cl)c(CCC=O)cc1[N+](=O)[O-]. The van der Waals surface area contributed by atoms with Crippen LogP contribution in [0.25, 0.3) is 0 Å². The summed E-state index contributed by atoms with van der Waals surface area (Å²) in [5.74, 6) is 0. The number of aldehydes is 1. The molecule has 5 nitrogen and oxygen atoms in total. The molecule has 80 valence electrons. The van der Waals surface area contributed by atoms with E-state index in [1.165, 1.54) is 12.1 Å². The van der Waals surface area contributed by atoms with Crippen molar-refractivity contribution in [2.45, 2.75) is 12.8 Å². The summed E-state index contributed by atoms with van der Waals surface area (Å²) in [5, 5.41) is 10.9. The molecule has 1 aromatic rings. The number of nitro groups is 1. The van der Waals surface area contributed by atoms with Gasteiger partial charge in [-0.2, -0.15) is 0 Å². The van der Waals surface area contributed by atoms with Crippen molar-refractivity contribution >= 4 is 29.3 Å². The molecule has 0 unspecified atom stereocenters. The number of carbonyl (C=O) groups excluding carboxylic acids is 1. The van der Waals surface area contributed by atoms with Gasteiger partial charge in [-0.05, 0) is 18.1 Å². The first kappa shape index (κ1) is 11.5. The van der Waals surface area contributed by atoms with Gasteiger partial charge < -0.3 is 10.5 Å². The fraction of sp³-hybridized carbons (Fsp3) is 0.222. The number of nitrogens with two attached hydrogens (primary N) is 1. The molecule has 0 aromatic heterocycles. The number of rotatable bonds is 4. The van der Waals surface area contributed by atoms with Crippen LogP contribution in [0.5, 0.6) is 0 Å². The zero-order chi connectivity index (χ0) is 11.4. The lowest BCUT2D eigenvalue weighted by molar-refractivity contribution is -0.384. The second-order valence-corrected chi connectivity index (χ2v) is 3.37. The zero-order valence-electron chi connectivity index (χ0n) is 7.77. The van der Waals surface area contributed by atoms with Crippen LogP contribution in [0.15, 0.2) is 12.1 Å². The van der Waals surface area contributed by atoms with E-state index in [2.05, 4.69) is 0 Å². The molecule has 0 radical (unpaired) electrons. The smallest absolute Gasteiger partial charge is 0.292 e. The molecule has 15 heavy (non-hydrogen) atoms. The average molecular weight is 229 g/mol. The van der Waals surface area contributed by atoms with Crippen molar-refractivity contribution in [2.24, 2.45) is 0 Å². The molecule has 0 fully saturated rings. The number of benzene rings is 1. The van der Waals surface area contributed by atoms with Gasteiger partial charge in [0, 0.05) is 17.5 Å². The molecule has 0 amide bonds. The molecule has 0 atom stereocenters. The summed E-state index contributed by atoms with van der Waals surface area (Å²) < 4.78 is 0. The van der Waals surface area contributed by atoms with Crippen molar-refractivity contribution in [3.05, 3.63) is 32.8 Å². The summed E-state index contributed by atoms with van der Waals surface area (Å²) in [4.78, 5) is 20.2. The van der Waals surface area contributed by atoms with Gasteiger partial charge in [0.2, 0.25) is 0 Å². The third kappa shape index (κ3) is 2.66. The normalized spacial score (nSPS) is 9.93. The van der Waals surface area contributed by atoms with Crippen molar-refractivity contribution < 1.29 is 9.72 Å². The van der Waals surface area contributed by atoms with E-state index in [4.69, 9.17) is 17.3 Å². The number of anilines is 1. The Kier molecular flexibility index (Phi) is 3.62. The summed E-state index contributed by atoms with van der Waals surface area (Å²) in [6.07, 6.45) is 1.39. The van der Waals surface area contributed by atoms with E-state index < -0.39 is 4.92 Å². The standard InChI is InChI=1S/C9H9ClN2O3/c10-7-5-8(11)9(12(14)15)4-6(7)2-1-3-13/h3-5H,1-2,11H2. The van der Waals surface area contributed by atoms with Crippen molar-refractivity contribution in [3.63, 3.8) is 0 Å². The maximum Gasteiger partial charge on any atom is 0.292 e. The molecule has 2 N–H and O–H groups in total. The van der Waals surface area contributed by atoms with E-state index in [1.54, 1.807) is 0 Å². The van der Waals surface area contributed by atoms with E-state index in [-0.39, 0.29) is 17.8 Å². The van der Waals surface area contributed by atoms with Crippen LogP contribution in [0.1, 0.15) is 12.0 Å². The van der Waals surface area contributed by atoms with E-state index in [9.17, 15) is 14.9 Å². The van der Waals surface area contributed by atoms with Crippen LogP contribution in [-0.4, -0.2) is 11.2 Å². The van der Waals surface area contributed by atoms with Gasteiger partial charge in [0.1, 0.15) is 12.0 Å². The largest absolute Gasteiger partial charge is 0.393 e. The molecule has 0 aliphatic carbocycles. The Balaban J connectivity index is 3.11. The monoisotopic (exact) mass is 228 g/mol. The highest BCUT2D eigenvalue weighted by molar-refractivity contribution is 6.31. The minimum Gasteiger partial charge on any atom is -0.393 e. The van der Waals surface area contributed by atoms with E-state index in [0.29, 0.717) is 17.0 Å². The Morgan fingerprint density at radius 2 is 2.20 bits per heavy atom. The average Bonchev–Trinajstić information content (AvgIpc) is 2.16. The number of hydrogen-bond donors (Lipinski definition) is 1. The summed E-state index contributed by atoms with van der Waals surface area (Å²) >= 11 is 5.82. The topological polar surface area (TPSA) is 86.2 Å². The van der Waals surface area contributed by atoms with Gasteiger partial charge in [-0.25, -0.2) is 0 Å². The van der Waals surface area contributed by atoms with Crippen LogP contribution in [-0.2, 0) is 11.2 Å². The Bertz CT molecular complexity index is 407. The molecule has 1 aromatic carbocycles. The van der Waals surface area contributed by atoms with Crippen molar-refractivity contribution in [1.29, 1.82) is 0 Å². The van der Waals surface area contributed by atoms with Crippen LogP contribution in [0.2, 0.25) is 5.02 Å². The lowest BCUT2D eigenvalue weighted by Gasteiger charge is -2.04. The molecule has 6 heteroatoms. The first-order valence-electron chi connectivity index (χ1n) is 4.22. The quantitative estimate of drug-likeness (QED) is 0.369. The van der Waals surface area contributed by atoms with Gasteiger partial charge in [-0.15, -0.1) is 0 Å². The van der Waals surface area contributed by atoms with Gasteiger partial charge in [0.15, 0.2) is 0 Å². The Morgan fingerprint density at radius 3 is 2.73 bits per heavy atom. The molecule has 1 rings (SSSR count). The molecule has 0 heterocycles. The lowest BCUT2D eigenvalue weighted by Crippen LogP contribution is -1.98. The van der Waals surface area contributed by atoms with Crippen molar-refractivity contribution in [3.8, 4) is 0 Å². The highest BCUT2D eigenvalue weighted by Gasteiger charge is 2.14. The number of nitrogen functional groups attached to an aromatic ring is 1. The summed E-state index contributed by atoms with van der Waals surface area (Å²) in [5.41, 5.74) is 5.83. The number of carbonyl (C=O) groups is 1. The Hall–Kier alpha value is -1.62. The second kappa shape index (κ2) is 4.75. The van der Waals surface area contributed by atoms with Crippen LogP contribution in [0.4, 0.5) is 11.4 Å². The fourth-order valence-electron chi connectivity index (χ4n) is 1.18.